The van der Waals surface area contributed by atoms with Gasteiger partial charge in [-0.2, -0.15) is 0 Å². The predicted octanol–water partition coefficient (Wildman–Crippen LogP) is 0.753. The minimum atomic E-state index is -0.401. The van der Waals surface area contributed by atoms with Gasteiger partial charge in [-0.1, -0.05) is 13.8 Å². The van der Waals surface area contributed by atoms with E-state index in [2.05, 4.69) is 24.2 Å². The molecule has 1 aromatic carbocycles. The highest BCUT2D eigenvalue weighted by molar-refractivity contribution is 5.96. The van der Waals surface area contributed by atoms with Crippen molar-refractivity contribution in [3.63, 3.8) is 0 Å². The van der Waals surface area contributed by atoms with Crippen molar-refractivity contribution in [2.45, 2.75) is 13.8 Å². The van der Waals surface area contributed by atoms with Gasteiger partial charge in [0.2, 0.25) is 5.91 Å². The van der Waals surface area contributed by atoms with E-state index in [0.29, 0.717) is 29.2 Å². The first kappa shape index (κ1) is 13.1. The molecule has 0 spiro atoms. The highest BCUT2D eigenvalue weighted by Crippen LogP contribution is 2.28. The number of fused-ring (bicyclic) bond motifs is 1. The standard InChI is InChI=1S/C12H17N5O2/c1-7(2)5-17(6-10(14)18)9-4-3-8(13)11-12(9)16-19-15-11/h3-4,7H,5-6,13H2,1-2H3,(H2,14,18). The number of rotatable bonds is 5. The van der Waals surface area contributed by atoms with Gasteiger partial charge in [-0.05, 0) is 28.4 Å². The first-order chi connectivity index (χ1) is 8.99. The van der Waals surface area contributed by atoms with Crippen LogP contribution in [-0.4, -0.2) is 29.3 Å². The Bertz CT molecular complexity index is 593. The molecular formula is C12H17N5O2. The summed E-state index contributed by atoms with van der Waals surface area (Å²) < 4.78 is 4.72. The molecule has 7 nitrogen and oxygen atoms in total. The van der Waals surface area contributed by atoms with Crippen molar-refractivity contribution >= 4 is 28.3 Å². The van der Waals surface area contributed by atoms with E-state index in [1.54, 1.807) is 12.1 Å². The molecule has 0 saturated heterocycles. The first-order valence-corrected chi connectivity index (χ1v) is 6.03. The second kappa shape index (κ2) is 5.13. The van der Waals surface area contributed by atoms with Gasteiger partial charge in [0, 0.05) is 6.54 Å². The van der Waals surface area contributed by atoms with Crippen LogP contribution in [0.1, 0.15) is 13.8 Å². The molecule has 0 fully saturated rings. The molecule has 0 bridgehead atoms. The molecule has 0 atom stereocenters. The fourth-order valence-electron chi connectivity index (χ4n) is 2.00. The van der Waals surface area contributed by atoms with Crippen LogP contribution >= 0.6 is 0 Å². The number of nitrogens with two attached hydrogens (primary N) is 2. The first-order valence-electron chi connectivity index (χ1n) is 6.03. The van der Waals surface area contributed by atoms with Gasteiger partial charge >= 0.3 is 0 Å². The van der Waals surface area contributed by atoms with Crippen LogP contribution in [0.15, 0.2) is 16.8 Å². The molecule has 7 heteroatoms. The summed E-state index contributed by atoms with van der Waals surface area (Å²) in [5.41, 5.74) is 13.4. The lowest BCUT2D eigenvalue weighted by atomic mass is 10.1. The van der Waals surface area contributed by atoms with E-state index in [4.69, 9.17) is 16.1 Å². The molecule has 1 amide bonds. The Balaban J connectivity index is 2.46. The molecule has 19 heavy (non-hydrogen) atoms. The molecule has 102 valence electrons. The number of primary amides is 1. The van der Waals surface area contributed by atoms with Crippen molar-refractivity contribution in [2.75, 3.05) is 23.7 Å². The molecule has 2 rings (SSSR count). The number of hydrogen-bond acceptors (Lipinski definition) is 6. The van der Waals surface area contributed by atoms with E-state index in [1.807, 2.05) is 4.90 Å². The van der Waals surface area contributed by atoms with Crippen LogP contribution in [0, 0.1) is 5.92 Å². The summed E-state index contributed by atoms with van der Waals surface area (Å²) in [4.78, 5) is 13.1. The van der Waals surface area contributed by atoms with Crippen LogP contribution in [0.4, 0.5) is 11.4 Å². The van der Waals surface area contributed by atoms with Crippen LogP contribution in [0.2, 0.25) is 0 Å². The highest BCUT2D eigenvalue weighted by Gasteiger charge is 2.18. The minimum Gasteiger partial charge on any atom is -0.397 e. The molecule has 4 N–H and O–H groups in total. The highest BCUT2D eigenvalue weighted by atomic mass is 16.6. The van der Waals surface area contributed by atoms with Gasteiger partial charge in [-0.3, -0.25) is 4.79 Å². The van der Waals surface area contributed by atoms with Gasteiger partial charge in [0.1, 0.15) is 0 Å². The topological polar surface area (TPSA) is 111 Å². The number of amides is 1. The van der Waals surface area contributed by atoms with Gasteiger partial charge in [0.15, 0.2) is 11.0 Å². The number of carbonyl (C=O) groups excluding carboxylic acids is 1. The Labute approximate surface area is 110 Å². The van der Waals surface area contributed by atoms with E-state index in [0.717, 1.165) is 5.69 Å². The van der Waals surface area contributed by atoms with Crippen molar-refractivity contribution in [1.29, 1.82) is 0 Å². The summed E-state index contributed by atoms with van der Waals surface area (Å²) >= 11 is 0. The maximum Gasteiger partial charge on any atom is 0.236 e. The van der Waals surface area contributed by atoms with Crippen molar-refractivity contribution in [3.8, 4) is 0 Å². The van der Waals surface area contributed by atoms with Gasteiger partial charge in [0.25, 0.3) is 0 Å². The zero-order chi connectivity index (χ0) is 14.0. The number of aromatic nitrogens is 2. The molecule has 0 aliphatic rings. The molecule has 1 heterocycles. The summed E-state index contributed by atoms with van der Waals surface area (Å²) in [6, 6.07) is 3.52. The Morgan fingerprint density at radius 2 is 2.05 bits per heavy atom. The van der Waals surface area contributed by atoms with Gasteiger partial charge < -0.3 is 16.4 Å². The van der Waals surface area contributed by atoms with Crippen molar-refractivity contribution < 1.29 is 9.42 Å². The quantitative estimate of drug-likeness (QED) is 0.770. The number of hydrogen-bond donors (Lipinski definition) is 2. The Morgan fingerprint density at radius 1 is 1.37 bits per heavy atom. The lowest BCUT2D eigenvalue weighted by Gasteiger charge is -2.25. The van der Waals surface area contributed by atoms with Crippen LogP contribution in [0.5, 0.6) is 0 Å². The average molecular weight is 263 g/mol. The Kier molecular flexibility index (Phi) is 3.55. The lowest BCUT2D eigenvalue weighted by molar-refractivity contribution is -0.116. The second-order valence-corrected chi connectivity index (χ2v) is 4.88. The summed E-state index contributed by atoms with van der Waals surface area (Å²) in [5.74, 6) is -0.0334. The fourth-order valence-corrected chi connectivity index (χ4v) is 2.00. The minimum absolute atomic E-state index is 0.115. The maximum absolute atomic E-state index is 11.2. The number of anilines is 2. The van der Waals surface area contributed by atoms with E-state index in [9.17, 15) is 4.79 Å². The van der Waals surface area contributed by atoms with Crippen molar-refractivity contribution in [2.24, 2.45) is 11.7 Å². The predicted molar refractivity (Wildman–Crippen MR) is 72.5 cm³/mol. The van der Waals surface area contributed by atoms with Crippen molar-refractivity contribution in [1.82, 2.24) is 10.3 Å². The smallest absolute Gasteiger partial charge is 0.236 e. The lowest BCUT2D eigenvalue weighted by Crippen LogP contribution is -2.36. The molecule has 0 radical (unpaired) electrons. The summed E-state index contributed by atoms with van der Waals surface area (Å²) in [5, 5.41) is 7.62. The van der Waals surface area contributed by atoms with Crippen LogP contribution < -0.4 is 16.4 Å². The zero-order valence-corrected chi connectivity index (χ0v) is 11.0. The molecule has 0 aliphatic heterocycles. The molecular weight excluding hydrogens is 246 g/mol. The van der Waals surface area contributed by atoms with Crippen LogP contribution in [0.3, 0.4) is 0 Å². The summed E-state index contributed by atoms with van der Waals surface area (Å²) in [7, 11) is 0. The average Bonchev–Trinajstić information content (AvgIpc) is 2.77. The van der Waals surface area contributed by atoms with Gasteiger partial charge in [0.05, 0.1) is 17.9 Å². The second-order valence-electron chi connectivity index (χ2n) is 4.88. The zero-order valence-electron chi connectivity index (χ0n) is 11.0. The van der Waals surface area contributed by atoms with Crippen LogP contribution in [-0.2, 0) is 4.79 Å². The number of nitrogens with zero attached hydrogens (tertiary/aromatic N) is 3. The summed E-state index contributed by atoms with van der Waals surface area (Å²) in [6.07, 6.45) is 0. The number of nitrogen functional groups attached to an aromatic ring is 1. The van der Waals surface area contributed by atoms with E-state index < -0.39 is 5.91 Å². The van der Waals surface area contributed by atoms with E-state index in [-0.39, 0.29) is 6.54 Å². The van der Waals surface area contributed by atoms with E-state index in [1.165, 1.54) is 0 Å². The normalized spacial score (nSPS) is 11.1. The van der Waals surface area contributed by atoms with Crippen LogP contribution in [0.25, 0.3) is 11.0 Å². The largest absolute Gasteiger partial charge is 0.397 e. The third kappa shape index (κ3) is 2.75. The van der Waals surface area contributed by atoms with E-state index >= 15 is 0 Å². The number of carbonyl (C=O) groups is 1. The molecule has 1 aromatic heterocycles. The summed E-state index contributed by atoms with van der Waals surface area (Å²) in [6.45, 7) is 4.91. The molecule has 0 aliphatic carbocycles. The monoisotopic (exact) mass is 263 g/mol. The molecule has 2 aromatic rings. The molecule has 0 unspecified atom stereocenters. The number of benzene rings is 1. The van der Waals surface area contributed by atoms with Crippen molar-refractivity contribution in [3.05, 3.63) is 12.1 Å². The Hall–Kier alpha value is -2.31. The maximum atomic E-state index is 11.2. The third-order valence-electron chi connectivity index (χ3n) is 2.70. The molecule has 0 saturated carbocycles. The van der Waals surface area contributed by atoms with Gasteiger partial charge in [-0.25, -0.2) is 4.63 Å². The third-order valence-corrected chi connectivity index (χ3v) is 2.70. The fraction of sp³-hybridized carbons (Fsp3) is 0.417. The van der Waals surface area contributed by atoms with Gasteiger partial charge in [-0.15, -0.1) is 0 Å². The SMILES string of the molecule is CC(C)CN(CC(N)=O)c1ccc(N)c2nonc12. The Morgan fingerprint density at radius 3 is 2.68 bits per heavy atom.